The lowest BCUT2D eigenvalue weighted by atomic mass is 10.00. The molecule has 2 N–H and O–H groups in total. The van der Waals surface area contributed by atoms with E-state index in [2.05, 4.69) is 90.9 Å². The highest BCUT2D eigenvalue weighted by Crippen LogP contribution is 2.24. The molecule has 4 rings (SSSR count). The molecule has 1 aromatic heterocycles. The minimum atomic E-state index is 0. The lowest BCUT2D eigenvalue weighted by Gasteiger charge is -2.16. The molecule has 26 heavy (non-hydrogen) atoms. The van der Waals surface area contributed by atoms with Crippen molar-refractivity contribution < 1.29 is 0 Å². The second-order valence-electron chi connectivity index (χ2n) is 6.56. The van der Waals surface area contributed by atoms with Crippen LogP contribution in [0.4, 0.5) is 0 Å². The van der Waals surface area contributed by atoms with Crippen LogP contribution in [0.2, 0.25) is 0 Å². The second-order valence-corrected chi connectivity index (χ2v) is 6.56. The number of aromatic amines is 1. The first-order valence-corrected chi connectivity index (χ1v) is 8.50. The van der Waals surface area contributed by atoms with Gasteiger partial charge in [-0.1, -0.05) is 54.1 Å². The van der Waals surface area contributed by atoms with Crippen LogP contribution in [0.5, 0.6) is 0 Å². The van der Waals surface area contributed by atoms with Gasteiger partial charge in [-0.15, -0.1) is 24.8 Å². The largest absolute Gasteiger partial charge is 0.357 e. The number of H-pyrrole nitrogens is 1. The van der Waals surface area contributed by atoms with Crippen molar-refractivity contribution >= 4 is 46.5 Å². The Hall–Kier alpha value is -2.00. The van der Waals surface area contributed by atoms with Gasteiger partial charge in [0.15, 0.2) is 0 Å². The Labute approximate surface area is 166 Å². The first kappa shape index (κ1) is 20.3. The maximum atomic E-state index is 3.65. The molecule has 1 unspecified atom stereocenters. The van der Waals surface area contributed by atoms with E-state index in [1.807, 2.05) is 0 Å². The van der Waals surface area contributed by atoms with Crippen molar-refractivity contribution in [2.24, 2.45) is 0 Å². The predicted octanol–water partition coefficient (Wildman–Crippen LogP) is 6.32. The standard InChI is InChI=1S/C22H22N2.2ClH/c1-15-10-11-22-18(12-15)13-19(24-22)14-23-16(2)20-9-5-7-17-6-3-4-8-21(17)20;;/h3-13,16,23-24H,14H2,1-2H3;2*1H. The highest BCUT2D eigenvalue weighted by Gasteiger charge is 2.09. The topological polar surface area (TPSA) is 27.8 Å². The van der Waals surface area contributed by atoms with Crippen LogP contribution in [0.3, 0.4) is 0 Å². The van der Waals surface area contributed by atoms with Gasteiger partial charge in [0.05, 0.1) is 0 Å². The average molecular weight is 387 g/mol. The van der Waals surface area contributed by atoms with Gasteiger partial charge in [-0.25, -0.2) is 0 Å². The zero-order chi connectivity index (χ0) is 16.5. The van der Waals surface area contributed by atoms with Gasteiger partial charge in [0.2, 0.25) is 0 Å². The van der Waals surface area contributed by atoms with Crippen LogP contribution in [-0.4, -0.2) is 4.98 Å². The van der Waals surface area contributed by atoms with Gasteiger partial charge in [-0.05, 0) is 53.8 Å². The Bertz CT molecular complexity index is 1000. The lowest BCUT2D eigenvalue weighted by Crippen LogP contribution is -2.18. The smallest absolute Gasteiger partial charge is 0.0456 e. The number of benzene rings is 3. The molecule has 0 amide bonds. The number of halogens is 2. The molecule has 0 spiro atoms. The summed E-state index contributed by atoms with van der Waals surface area (Å²) in [6.07, 6.45) is 0. The van der Waals surface area contributed by atoms with E-state index >= 15 is 0 Å². The molecule has 1 atom stereocenters. The van der Waals surface area contributed by atoms with Gasteiger partial charge in [-0.2, -0.15) is 0 Å². The van der Waals surface area contributed by atoms with Gasteiger partial charge in [0.1, 0.15) is 0 Å². The Balaban J connectivity index is 0.00000121. The fourth-order valence-electron chi connectivity index (χ4n) is 3.41. The van der Waals surface area contributed by atoms with Crippen molar-refractivity contribution in [3.63, 3.8) is 0 Å². The van der Waals surface area contributed by atoms with E-state index in [0.717, 1.165) is 6.54 Å². The van der Waals surface area contributed by atoms with Gasteiger partial charge in [0, 0.05) is 23.8 Å². The summed E-state index contributed by atoms with van der Waals surface area (Å²) in [6, 6.07) is 24.2. The van der Waals surface area contributed by atoms with Crippen LogP contribution in [-0.2, 0) is 6.54 Å². The van der Waals surface area contributed by atoms with Crippen LogP contribution >= 0.6 is 24.8 Å². The van der Waals surface area contributed by atoms with Crippen LogP contribution in [0.1, 0.15) is 29.8 Å². The third kappa shape index (κ3) is 4.04. The third-order valence-corrected chi connectivity index (χ3v) is 4.72. The van der Waals surface area contributed by atoms with Crippen molar-refractivity contribution in [1.82, 2.24) is 10.3 Å². The Morgan fingerprint density at radius 3 is 2.50 bits per heavy atom. The number of nitrogens with one attached hydrogen (secondary N) is 2. The van der Waals surface area contributed by atoms with Crippen molar-refractivity contribution in [3.05, 3.63) is 83.6 Å². The molecule has 0 aliphatic heterocycles. The first-order chi connectivity index (χ1) is 11.7. The van der Waals surface area contributed by atoms with E-state index in [1.54, 1.807) is 0 Å². The summed E-state index contributed by atoms with van der Waals surface area (Å²) in [5.41, 5.74) is 5.07. The number of hydrogen-bond donors (Lipinski definition) is 2. The van der Waals surface area contributed by atoms with Gasteiger partial charge < -0.3 is 10.3 Å². The summed E-state index contributed by atoms with van der Waals surface area (Å²) in [4.78, 5) is 3.50. The molecule has 3 aromatic carbocycles. The average Bonchev–Trinajstić information content (AvgIpc) is 3.01. The molecule has 4 heteroatoms. The molecular formula is C22H24Cl2N2. The van der Waals surface area contributed by atoms with Crippen molar-refractivity contribution in [2.45, 2.75) is 26.4 Å². The maximum Gasteiger partial charge on any atom is 0.0456 e. The van der Waals surface area contributed by atoms with Crippen molar-refractivity contribution in [3.8, 4) is 0 Å². The SMILES string of the molecule is Cc1ccc2[nH]c(CNC(C)c3cccc4ccccc34)cc2c1.Cl.Cl. The summed E-state index contributed by atoms with van der Waals surface area (Å²) in [5, 5.41) is 7.56. The van der Waals surface area contributed by atoms with E-state index in [9.17, 15) is 0 Å². The monoisotopic (exact) mass is 386 g/mol. The predicted molar refractivity (Wildman–Crippen MR) is 117 cm³/mol. The van der Waals surface area contributed by atoms with E-state index in [1.165, 1.54) is 38.5 Å². The van der Waals surface area contributed by atoms with Crippen LogP contribution in [0.25, 0.3) is 21.7 Å². The van der Waals surface area contributed by atoms with Gasteiger partial charge >= 0.3 is 0 Å². The quantitative estimate of drug-likeness (QED) is 0.421. The minimum absolute atomic E-state index is 0. The van der Waals surface area contributed by atoms with Crippen LogP contribution in [0.15, 0.2) is 66.7 Å². The molecule has 1 heterocycles. The first-order valence-electron chi connectivity index (χ1n) is 8.50. The summed E-state index contributed by atoms with van der Waals surface area (Å²) >= 11 is 0. The molecule has 4 aromatic rings. The molecule has 0 bridgehead atoms. The fourth-order valence-corrected chi connectivity index (χ4v) is 3.41. The second kappa shape index (κ2) is 8.59. The molecule has 0 saturated carbocycles. The fraction of sp³-hybridized carbons (Fsp3) is 0.182. The van der Waals surface area contributed by atoms with Gasteiger partial charge in [0.25, 0.3) is 0 Å². The highest BCUT2D eigenvalue weighted by atomic mass is 35.5. The van der Waals surface area contributed by atoms with Gasteiger partial charge in [-0.3, -0.25) is 0 Å². The zero-order valence-electron chi connectivity index (χ0n) is 15.0. The summed E-state index contributed by atoms with van der Waals surface area (Å²) < 4.78 is 0. The molecule has 0 aliphatic rings. The Kier molecular flexibility index (Phi) is 6.71. The van der Waals surface area contributed by atoms with Crippen LogP contribution < -0.4 is 5.32 Å². The highest BCUT2D eigenvalue weighted by molar-refractivity contribution is 5.86. The number of rotatable bonds is 4. The lowest BCUT2D eigenvalue weighted by molar-refractivity contribution is 0.573. The molecular weight excluding hydrogens is 363 g/mol. The molecule has 0 radical (unpaired) electrons. The Morgan fingerprint density at radius 2 is 1.65 bits per heavy atom. The molecule has 136 valence electrons. The summed E-state index contributed by atoms with van der Waals surface area (Å²) in [6.45, 7) is 5.19. The van der Waals surface area contributed by atoms with E-state index in [-0.39, 0.29) is 24.8 Å². The third-order valence-electron chi connectivity index (χ3n) is 4.72. The van der Waals surface area contributed by atoms with Crippen LogP contribution in [0, 0.1) is 6.92 Å². The molecule has 0 aliphatic carbocycles. The molecule has 2 nitrogen and oxygen atoms in total. The molecule has 0 saturated heterocycles. The van der Waals surface area contributed by atoms with Crippen molar-refractivity contribution in [1.29, 1.82) is 0 Å². The number of fused-ring (bicyclic) bond motifs is 2. The maximum absolute atomic E-state index is 3.65. The van der Waals surface area contributed by atoms with E-state index in [4.69, 9.17) is 0 Å². The normalized spacial score (nSPS) is 11.8. The molecule has 0 fully saturated rings. The van der Waals surface area contributed by atoms with Crippen molar-refractivity contribution in [2.75, 3.05) is 0 Å². The van der Waals surface area contributed by atoms with E-state index < -0.39 is 0 Å². The Morgan fingerprint density at radius 1 is 0.885 bits per heavy atom. The van der Waals surface area contributed by atoms with E-state index in [0.29, 0.717) is 6.04 Å². The number of hydrogen-bond acceptors (Lipinski definition) is 1. The summed E-state index contributed by atoms with van der Waals surface area (Å²) in [5.74, 6) is 0. The minimum Gasteiger partial charge on any atom is -0.357 e. The zero-order valence-corrected chi connectivity index (χ0v) is 16.6. The number of aromatic nitrogens is 1. The summed E-state index contributed by atoms with van der Waals surface area (Å²) in [7, 11) is 0. The number of aryl methyl sites for hydroxylation is 1.